The second kappa shape index (κ2) is 5.96. The molecule has 0 aromatic carbocycles. The van der Waals surface area contributed by atoms with E-state index in [1.54, 1.807) is 20.9 Å². The predicted octanol–water partition coefficient (Wildman–Crippen LogP) is 0.584. The highest BCUT2D eigenvalue weighted by molar-refractivity contribution is 7.92. The summed E-state index contributed by atoms with van der Waals surface area (Å²) < 4.78 is 50.4. The van der Waals surface area contributed by atoms with E-state index in [1.807, 2.05) is 5.38 Å². The molecule has 1 atom stereocenters. The largest absolute Gasteiger partial charge is 0.315 e. The Morgan fingerprint density at radius 2 is 2.14 bits per heavy atom. The number of sulfonamides is 1. The number of nitrogens with one attached hydrogen (secondary N) is 1. The number of aryl methyl sites for hydroxylation is 1. The van der Waals surface area contributed by atoms with Crippen LogP contribution in [0.3, 0.4) is 0 Å². The Morgan fingerprint density at radius 3 is 2.71 bits per heavy atom. The maximum Gasteiger partial charge on any atom is 0.244 e. The molecular formula is C12H20N2O4S3. The molecule has 1 aromatic rings. The molecule has 1 saturated heterocycles. The molecular weight excluding hydrogens is 332 g/mol. The monoisotopic (exact) mass is 352 g/mol. The third-order valence-corrected chi connectivity index (χ3v) is 8.78. The lowest BCUT2D eigenvalue weighted by Crippen LogP contribution is -2.49. The summed E-state index contributed by atoms with van der Waals surface area (Å²) in [7, 11) is -5.04. The van der Waals surface area contributed by atoms with Crippen LogP contribution < -0.4 is 5.32 Å². The fraction of sp³-hybridized carbons (Fsp3) is 0.667. The third-order valence-electron chi connectivity index (χ3n) is 3.50. The lowest BCUT2D eigenvalue weighted by atomic mass is 10.3. The molecule has 2 rings (SSSR count). The Kier molecular flexibility index (Phi) is 4.79. The number of hydrogen-bond acceptors (Lipinski definition) is 6. The zero-order valence-corrected chi connectivity index (χ0v) is 14.7. The van der Waals surface area contributed by atoms with E-state index in [9.17, 15) is 16.8 Å². The van der Waals surface area contributed by atoms with Gasteiger partial charge in [0.05, 0.1) is 11.5 Å². The Morgan fingerprint density at radius 1 is 1.48 bits per heavy atom. The van der Waals surface area contributed by atoms with Crippen molar-refractivity contribution in [1.82, 2.24) is 9.62 Å². The average molecular weight is 353 g/mol. The molecule has 0 bridgehead atoms. The van der Waals surface area contributed by atoms with Gasteiger partial charge in [-0.05, 0) is 31.8 Å². The molecule has 1 aromatic heterocycles. The summed E-state index contributed by atoms with van der Waals surface area (Å²) in [6.07, 6.45) is 0. The zero-order chi connectivity index (χ0) is 15.8. The number of thiophene rings is 1. The summed E-state index contributed by atoms with van der Waals surface area (Å²) in [5.74, 6) is -0.224. The van der Waals surface area contributed by atoms with Gasteiger partial charge in [0.15, 0.2) is 9.84 Å². The first-order valence-corrected chi connectivity index (χ1v) is 10.8. The van der Waals surface area contributed by atoms with Gasteiger partial charge >= 0.3 is 0 Å². The summed E-state index contributed by atoms with van der Waals surface area (Å²) in [4.78, 5) is 1.09. The van der Waals surface area contributed by atoms with Gasteiger partial charge in [-0.1, -0.05) is 0 Å². The molecule has 1 unspecified atom stereocenters. The van der Waals surface area contributed by atoms with Crippen molar-refractivity contribution in [2.45, 2.75) is 31.3 Å². The van der Waals surface area contributed by atoms with Gasteiger partial charge in [0.2, 0.25) is 10.0 Å². The fourth-order valence-electron chi connectivity index (χ4n) is 2.57. The summed E-state index contributed by atoms with van der Waals surface area (Å²) in [6.45, 7) is 3.93. The highest BCUT2D eigenvalue weighted by Gasteiger charge is 2.38. The van der Waals surface area contributed by atoms with E-state index >= 15 is 0 Å². The van der Waals surface area contributed by atoms with E-state index in [0.717, 1.165) is 4.88 Å². The molecule has 1 aliphatic heterocycles. The van der Waals surface area contributed by atoms with E-state index in [4.69, 9.17) is 0 Å². The Labute approximate surface area is 130 Å². The molecule has 0 saturated carbocycles. The summed E-state index contributed by atoms with van der Waals surface area (Å²) in [5, 5.41) is 4.79. The van der Waals surface area contributed by atoms with Crippen LogP contribution in [0.1, 0.15) is 17.4 Å². The minimum Gasteiger partial charge on any atom is -0.315 e. The standard InChI is InChI=1S/C12H20N2O4S3/c1-9-7-19-11(6-13-3)12(9)21(17,18)14-4-5-20(15,16)8-10(14)2/h7,10,13H,4-6,8H2,1-3H3. The highest BCUT2D eigenvalue weighted by Crippen LogP contribution is 2.31. The van der Waals surface area contributed by atoms with E-state index in [0.29, 0.717) is 17.0 Å². The quantitative estimate of drug-likeness (QED) is 0.857. The van der Waals surface area contributed by atoms with Crippen LogP contribution in [0.5, 0.6) is 0 Å². The zero-order valence-electron chi connectivity index (χ0n) is 12.3. The number of sulfone groups is 1. The van der Waals surface area contributed by atoms with Gasteiger partial charge in [-0.2, -0.15) is 4.31 Å². The van der Waals surface area contributed by atoms with E-state index in [-0.39, 0.29) is 18.1 Å². The van der Waals surface area contributed by atoms with Crippen LogP contribution in [0, 0.1) is 6.92 Å². The third kappa shape index (κ3) is 3.31. The van der Waals surface area contributed by atoms with Crippen LogP contribution in [-0.2, 0) is 26.4 Å². The van der Waals surface area contributed by atoms with Gasteiger partial charge in [0, 0.05) is 24.0 Å². The second-order valence-electron chi connectivity index (χ2n) is 5.28. The summed E-state index contributed by atoms with van der Waals surface area (Å²) in [5.41, 5.74) is 0.714. The van der Waals surface area contributed by atoms with Crippen molar-refractivity contribution >= 4 is 31.2 Å². The van der Waals surface area contributed by atoms with Gasteiger partial charge in [0.25, 0.3) is 0 Å². The molecule has 0 radical (unpaired) electrons. The van der Waals surface area contributed by atoms with Gasteiger partial charge in [-0.15, -0.1) is 11.3 Å². The molecule has 1 N–H and O–H groups in total. The molecule has 1 fully saturated rings. The van der Waals surface area contributed by atoms with E-state index in [1.165, 1.54) is 15.6 Å². The van der Waals surface area contributed by atoms with Crippen LogP contribution in [0.2, 0.25) is 0 Å². The molecule has 120 valence electrons. The van der Waals surface area contributed by atoms with Crippen molar-refractivity contribution in [2.24, 2.45) is 0 Å². The maximum absolute atomic E-state index is 12.9. The van der Waals surface area contributed by atoms with Crippen LogP contribution >= 0.6 is 11.3 Å². The topological polar surface area (TPSA) is 83.6 Å². The van der Waals surface area contributed by atoms with Crippen molar-refractivity contribution in [1.29, 1.82) is 0 Å². The Bertz CT molecular complexity index is 722. The van der Waals surface area contributed by atoms with Crippen LogP contribution in [0.25, 0.3) is 0 Å². The normalized spacial score (nSPS) is 23.3. The van der Waals surface area contributed by atoms with E-state index in [2.05, 4.69) is 5.32 Å². The Balaban J connectivity index is 2.41. The first kappa shape index (κ1) is 16.9. The smallest absolute Gasteiger partial charge is 0.244 e. The molecule has 9 heteroatoms. The molecule has 1 aliphatic rings. The van der Waals surface area contributed by atoms with Crippen LogP contribution in [-0.4, -0.2) is 52.3 Å². The Hall–Kier alpha value is -0.480. The first-order valence-electron chi connectivity index (χ1n) is 6.63. The number of hydrogen-bond donors (Lipinski definition) is 1. The predicted molar refractivity (Wildman–Crippen MR) is 83.8 cm³/mol. The SMILES string of the molecule is CNCc1scc(C)c1S(=O)(=O)N1CCS(=O)(=O)CC1C. The van der Waals surface area contributed by atoms with Crippen molar-refractivity contribution in [2.75, 3.05) is 25.1 Å². The van der Waals surface area contributed by atoms with Crippen LogP contribution in [0.4, 0.5) is 0 Å². The fourth-order valence-corrected chi connectivity index (χ4v) is 7.75. The minimum absolute atomic E-state index is 0.0279. The van der Waals surface area contributed by atoms with Gasteiger partial charge in [-0.3, -0.25) is 0 Å². The number of nitrogens with zero attached hydrogens (tertiary/aromatic N) is 1. The lowest BCUT2D eigenvalue weighted by molar-refractivity contribution is 0.356. The second-order valence-corrected chi connectivity index (χ2v) is 10.3. The van der Waals surface area contributed by atoms with E-state index < -0.39 is 25.9 Å². The average Bonchev–Trinajstić information content (AvgIpc) is 2.69. The number of rotatable bonds is 4. The molecule has 6 nitrogen and oxygen atoms in total. The molecule has 0 amide bonds. The van der Waals surface area contributed by atoms with Crippen LogP contribution in [0.15, 0.2) is 10.3 Å². The first-order chi connectivity index (χ1) is 9.69. The molecule has 0 aliphatic carbocycles. The minimum atomic E-state index is -3.66. The lowest BCUT2D eigenvalue weighted by Gasteiger charge is -2.32. The van der Waals surface area contributed by atoms with Crippen molar-refractivity contribution in [3.05, 3.63) is 15.8 Å². The van der Waals surface area contributed by atoms with Crippen molar-refractivity contribution < 1.29 is 16.8 Å². The maximum atomic E-state index is 12.9. The van der Waals surface area contributed by atoms with Gasteiger partial charge in [0.1, 0.15) is 4.90 Å². The molecule has 21 heavy (non-hydrogen) atoms. The van der Waals surface area contributed by atoms with Crippen molar-refractivity contribution in [3.63, 3.8) is 0 Å². The highest BCUT2D eigenvalue weighted by atomic mass is 32.2. The molecule has 2 heterocycles. The van der Waals surface area contributed by atoms with Gasteiger partial charge < -0.3 is 5.32 Å². The summed E-state index contributed by atoms with van der Waals surface area (Å²) in [6, 6.07) is -0.532. The van der Waals surface area contributed by atoms with Crippen molar-refractivity contribution in [3.8, 4) is 0 Å². The summed E-state index contributed by atoms with van der Waals surface area (Å²) >= 11 is 1.41. The van der Waals surface area contributed by atoms with Gasteiger partial charge in [-0.25, -0.2) is 16.8 Å². The molecule has 0 spiro atoms.